The molecule has 36 heavy (non-hydrogen) atoms. The number of carboxylic acids is 1. The summed E-state index contributed by atoms with van der Waals surface area (Å²) >= 11 is 0. The number of methoxy groups -OCH3 is 2. The number of fused-ring (bicyclic) bond motifs is 1. The molecule has 0 aliphatic carbocycles. The number of carboxylic acid groups (broad SMARTS) is 1. The minimum atomic E-state index is -2.17. The van der Waals surface area contributed by atoms with E-state index >= 15 is 0 Å². The largest absolute Gasteiger partial charge is 0.493 e. The Bertz CT molecular complexity index is 1170. The molecule has 7 nitrogen and oxygen atoms in total. The summed E-state index contributed by atoms with van der Waals surface area (Å²) in [6.45, 7) is 4.65. The van der Waals surface area contributed by atoms with Gasteiger partial charge in [-0.3, -0.25) is 19.0 Å². The fraction of sp³-hybridized carbons (Fsp3) is 0.346. The maximum Gasteiger partial charge on any atom is 0.307 e. The van der Waals surface area contributed by atoms with Crippen molar-refractivity contribution in [3.05, 3.63) is 59.4 Å². The van der Waals surface area contributed by atoms with Crippen LogP contribution >= 0.6 is 0 Å². The van der Waals surface area contributed by atoms with Crippen LogP contribution in [-0.2, 0) is 11.2 Å². The van der Waals surface area contributed by atoms with E-state index < -0.39 is 12.4 Å². The summed E-state index contributed by atoms with van der Waals surface area (Å²) < 4.78 is 46.6. The number of rotatable bonds is 8. The first kappa shape index (κ1) is 30.2. The lowest BCUT2D eigenvalue weighted by Crippen LogP contribution is -2.10. The van der Waals surface area contributed by atoms with E-state index in [-0.39, 0.29) is 24.0 Å². The molecule has 0 aliphatic heterocycles. The molecular formula is C26H30F3NO6. The molecule has 0 unspecified atom stereocenters. The molecule has 1 N–H and O–H groups in total. The van der Waals surface area contributed by atoms with Crippen LogP contribution in [0.5, 0.6) is 17.2 Å². The van der Waals surface area contributed by atoms with Crippen LogP contribution in [0.1, 0.15) is 42.4 Å². The molecule has 0 fully saturated rings. The minimum Gasteiger partial charge on any atom is -0.493 e. The second-order valence-corrected chi connectivity index (χ2v) is 7.50. The quantitative estimate of drug-likeness (QED) is 0.386. The Morgan fingerprint density at radius 3 is 2.03 bits per heavy atom. The van der Waals surface area contributed by atoms with E-state index in [0.717, 1.165) is 6.92 Å². The van der Waals surface area contributed by atoms with Gasteiger partial charge in [-0.05, 0) is 56.0 Å². The average molecular weight is 510 g/mol. The molecule has 1 aromatic heterocycles. The van der Waals surface area contributed by atoms with Gasteiger partial charge in [-0.25, -0.2) is 8.78 Å². The Kier molecular flexibility index (Phi) is 12.2. The fourth-order valence-corrected chi connectivity index (χ4v) is 3.23. The summed E-state index contributed by atoms with van der Waals surface area (Å²) in [4.78, 5) is 28.9. The molecule has 10 heteroatoms. The number of carbonyl (C=O) groups is 2. The Hall–Kier alpha value is -3.82. The van der Waals surface area contributed by atoms with Gasteiger partial charge >= 0.3 is 5.97 Å². The van der Waals surface area contributed by atoms with E-state index in [9.17, 15) is 27.9 Å². The zero-order valence-corrected chi connectivity index (χ0v) is 21.0. The first-order chi connectivity index (χ1) is 17.1. The lowest BCUT2D eigenvalue weighted by Gasteiger charge is -2.14. The second kappa shape index (κ2) is 14.6. The second-order valence-electron chi connectivity index (χ2n) is 7.50. The third-order valence-electron chi connectivity index (χ3n) is 4.50. The maximum atomic E-state index is 13.3. The van der Waals surface area contributed by atoms with E-state index in [1.54, 1.807) is 36.4 Å². The number of nitrogens with zero attached hydrogens (tertiary/aromatic N) is 1. The van der Waals surface area contributed by atoms with Gasteiger partial charge in [-0.15, -0.1) is 0 Å². The van der Waals surface area contributed by atoms with Crippen LogP contribution in [0.3, 0.4) is 0 Å². The fourth-order valence-electron chi connectivity index (χ4n) is 3.23. The molecule has 0 spiro atoms. The van der Waals surface area contributed by atoms with Crippen molar-refractivity contribution >= 4 is 22.5 Å². The van der Waals surface area contributed by atoms with Crippen molar-refractivity contribution in [1.82, 2.24) is 4.98 Å². The van der Waals surface area contributed by atoms with Gasteiger partial charge in [-0.2, -0.15) is 0 Å². The summed E-state index contributed by atoms with van der Waals surface area (Å²) in [5.41, 5.74) is 1.09. The predicted octanol–water partition coefficient (Wildman–Crippen LogP) is 5.75. The lowest BCUT2D eigenvalue weighted by molar-refractivity contribution is -0.136. The first-order valence-corrected chi connectivity index (χ1v) is 10.8. The number of aromatic nitrogens is 1. The van der Waals surface area contributed by atoms with Crippen LogP contribution in [0.25, 0.3) is 10.8 Å². The van der Waals surface area contributed by atoms with Crippen LogP contribution < -0.4 is 14.2 Å². The molecule has 1 heterocycles. The molecule has 0 saturated heterocycles. The van der Waals surface area contributed by atoms with Gasteiger partial charge in [0, 0.05) is 17.1 Å². The molecule has 3 aromatic rings. The number of pyridine rings is 1. The molecule has 0 bridgehead atoms. The van der Waals surface area contributed by atoms with Crippen molar-refractivity contribution in [1.29, 1.82) is 0 Å². The summed E-state index contributed by atoms with van der Waals surface area (Å²) in [5, 5.41) is 10.3. The van der Waals surface area contributed by atoms with E-state index in [2.05, 4.69) is 4.98 Å². The Morgan fingerprint density at radius 2 is 1.53 bits per heavy atom. The zero-order chi connectivity index (χ0) is 27.4. The Balaban J connectivity index is 0.000000982. The molecule has 0 saturated carbocycles. The van der Waals surface area contributed by atoms with Crippen molar-refractivity contribution in [2.45, 2.75) is 39.7 Å². The van der Waals surface area contributed by atoms with Gasteiger partial charge in [0.15, 0.2) is 11.5 Å². The first-order valence-electron chi connectivity index (χ1n) is 10.8. The zero-order valence-electron chi connectivity index (χ0n) is 21.0. The van der Waals surface area contributed by atoms with Gasteiger partial charge in [-0.1, -0.05) is 12.1 Å². The molecule has 2 aromatic carbocycles. The Labute approximate surface area is 207 Å². The molecule has 0 amide bonds. The third kappa shape index (κ3) is 8.44. The maximum absolute atomic E-state index is 13.3. The smallest absolute Gasteiger partial charge is 0.307 e. The van der Waals surface area contributed by atoms with Crippen LogP contribution in [0.2, 0.25) is 0 Å². The number of hydrogen-bond donors (Lipinski definition) is 1. The summed E-state index contributed by atoms with van der Waals surface area (Å²) in [5.74, 6) is 0.148. The van der Waals surface area contributed by atoms with Crippen LogP contribution in [0.15, 0.2) is 42.6 Å². The number of hydrogen-bond acceptors (Lipinski definition) is 6. The summed E-state index contributed by atoms with van der Waals surface area (Å²) in [6, 6.07) is 10.2. The molecular weight excluding hydrogens is 479 g/mol. The minimum absolute atomic E-state index is 0.0265. The van der Waals surface area contributed by atoms with E-state index in [1.165, 1.54) is 20.4 Å². The molecule has 196 valence electrons. The predicted molar refractivity (Wildman–Crippen MR) is 131 cm³/mol. The Morgan fingerprint density at radius 1 is 0.972 bits per heavy atom. The van der Waals surface area contributed by atoms with Gasteiger partial charge in [0.05, 0.1) is 33.9 Å². The molecule has 3 rings (SSSR count). The number of alkyl halides is 3. The SMILES string of the molecule is CC(F)F.CF.COc1cc2c(CC(=O)O)cnc(C(=O)c3cccc(OC(C)C)c3)c2cc1OC. The number of ketones is 1. The third-order valence-corrected chi connectivity index (χ3v) is 4.50. The molecule has 0 atom stereocenters. The number of halogens is 3. The number of benzene rings is 2. The standard InChI is InChI=1S/C23H23NO6.C2H4F2.CH3F/c1-13(2)30-16-7-5-6-14(8-16)23(27)22-18-11-20(29-4)19(28-3)10-17(18)15(12-24-22)9-21(25)26;1-2(3)4;1-2/h5-8,10-13H,9H2,1-4H3,(H,25,26);2H,1H3;1H3. The molecule has 0 radical (unpaired) electrons. The number of ether oxygens (including phenoxy) is 3. The highest BCUT2D eigenvalue weighted by molar-refractivity contribution is 6.16. The highest BCUT2D eigenvalue weighted by atomic mass is 19.3. The normalized spacial score (nSPS) is 10.2. The number of carbonyl (C=O) groups excluding carboxylic acids is 1. The van der Waals surface area contributed by atoms with Crippen LogP contribution in [0.4, 0.5) is 13.2 Å². The van der Waals surface area contributed by atoms with Crippen molar-refractivity contribution in [3.8, 4) is 17.2 Å². The lowest BCUT2D eigenvalue weighted by atomic mass is 9.98. The monoisotopic (exact) mass is 509 g/mol. The van der Waals surface area contributed by atoms with E-state index in [0.29, 0.717) is 46.3 Å². The van der Waals surface area contributed by atoms with Crippen LogP contribution in [-0.4, -0.2) is 55.8 Å². The van der Waals surface area contributed by atoms with Gasteiger partial charge in [0.25, 0.3) is 0 Å². The topological polar surface area (TPSA) is 95.0 Å². The van der Waals surface area contributed by atoms with Gasteiger partial charge in [0.1, 0.15) is 11.4 Å². The summed E-state index contributed by atoms with van der Waals surface area (Å²) in [6.07, 6.45) is -1.00. The number of aliphatic carboxylic acids is 1. The van der Waals surface area contributed by atoms with E-state index in [4.69, 9.17) is 14.2 Å². The summed E-state index contributed by atoms with van der Waals surface area (Å²) in [7, 11) is 3.49. The highest BCUT2D eigenvalue weighted by Crippen LogP contribution is 2.35. The average Bonchev–Trinajstić information content (AvgIpc) is 2.83. The van der Waals surface area contributed by atoms with Crippen molar-refractivity contribution in [2.75, 3.05) is 21.4 Å². The van der Waals surface area contributed by atoms with Gasteiger partial charge < -0.3 is 19.3 Å². The van der Waals surface area contributed by atoms with Crippen molar-refractivity contribution in [2.24, 2.45) is 0 Å². The van der Waals surface area contributed by atoms with E-state index in [1.807, 2.05) is 13.8 Å². The molecule has 0 aliphatic rings. The highest BCUT2D eigenvalue weighted by Gasteiger charge is 2.20. The van der Waals surface area contributed by atoms with Crippen LogP contribution in [0, 0.1) is 0 Å². The van der Waals surface area contributed by atoms with Gasteiger partial charge in [0.2, 0.25) is 12.2 Å². The van der Waals surface area contributed by atoms with Crippen molar-refractivity contribution in [3.63, 3.8) is 0 Å². The van der Waals surface area contributed by atoms with Crippen molar-refractivity contribution < 1.29 is 42.1 Å².